The highest BCUT2D eigenvalue weighted by molar-refractivity contribution is 5.79. The van der Waals surface area contributed by atoms with E-state index in [0.29, 0.717) is 12.1 Å². The van der Waals surface area contributed by atoms with Crippen molar-refractivity contribution in [2.75, 3.05) is 46.3 Å². The summed E-state index contributed by atoms with van der Waals surface area (Å²) in [6, 6.07) is 1.16. The lowest BCUT2D eigenvalue weighted by Gasteiger charge is -2.30. The van der Waals surface area contributed by atoms with E-state index >= 15 is 0 Å². The van der Waals surface area contributed by atoms with Crippen LogP contribution in [0.3, 0.4) is 0 Å². The van der Waals surface area contributed by atoms with E-state index in [2.05, 4.69) is 60.0 Å². The van der Waals surface area contributed by atoms with Gasteiger partial charge in [-0.05, 0) is 53.1 Å². The molecule has 0 bridgehead atoms. The molecule has 5 nitrogen and oxygen atoms in total. The summed E-state index contributed by atoms with van der Waals surface area (Å²) in [5.41, 5.74) is 0. The highest BCUT2D eigenvalue weighted by atomic mass is 15.2. The maximum Gasteiger partial charge on any atom is 0.191 e. The van der Waals surface area contributed by atoms with E-state index in [0.717, 1.165) is 31.5 Å². The van der Waals surface area contributed by atoms with E-state index < -0.39 is 0 Å². The molecule has 130 valence electrons. The summed E-state index contributed by atoms with van der Waals surface area (Å²) >= 11 is 0. The van der Waals surface area contributed by atoms with Gasteiger partial charge in [-0.3, -0.25) is 9.89 Å². The average Bonchev–Trinajstić information content (AvgIpc) is 2.93. The first-order valence-electron chi connectivity index (χ1n) is 8.90. The maximum absolute atomic E-state index is 4.34. The second-order valence-corrected chi connectivity index (χ2v) is 6.85. The molecule has 1 saturated heterocycles. The molecule has 2 N–H and O–H groups in total. The Morgan fingerprint density at radius 2 is 1.91 bits per heavy atom. The van der Waals surface area contributed by atoms with Crippen molar-refractivity contribution in [3.8, 4) is 0 Å². The number of hydrogen-bond donors (Lipinski definition) is 2. The molecular formula is C17H37N5. The minimum Gasteiger partial charge on any atom is -0.356 e. The summed E-state index contributed by atoms with van der Waals surface area (Å²) in [6.07, 6.45) is 1.30. The van der Waals surface area contributed by atoms with E-state index in [4.69, 9.17) is 0 Å². The summed E-state index contributed by atoms with van der Waals surface area (Å²) in [5, 5.41) is 6.92. The predicted octanol–water partition coefficient (Wildman–Crippen LogP) is 1.61. The van der Waals surface area contributed by atoms with E-state index in [1.807, 2.05) is 7.05 Å². The molecule has 0 aromatic heterocycles. The topological polar surface area (TPSA) is 42.9 Å². The van der Waals surface area contributed by atoms with Gasteiger partial charge in [0.25, 0.3) is 0 Å². The fourth-order valence-electron chi connectivity index (χ4n) is 3.24. The van der Waals surface area contributed by atoms with Gasteiger partial charge in [0, 0.05) is 45.3 Å². The SMILES string of the molecule is CCN1CCC(CNC(=NC)NCCN(C(C)C)C(C)C)C1. The van der Waals surface area contributed by atoms with E-state index in [-0.39, 0.29) is 0 Å². The Labute approximate surface area is 137 Å². The molecule has 1 aliphatic heterocycles. The molecule has 1 aliphatic rings. The maximum atomic E-state index is 4.34. The summed E-state index contributed by atoms with van der Waals surface area (Å²) in [7, 11) is 1.85. The number of rotatable bonds is 8. The normalized spacial score (nSPS) is 20.4. The van der Waals surface area contributed by atoms with Crippen molar-refractivity contribution < 1.29 is 0 Å². The van der Waals surface area contributed by atoms with Crippen molar-refractivity contribution in [3.63, 3.8) is 0 Å². The standard InChI is InChI=1S/C17H37N5/c1-7-21-10-8-16(13-21)12-20-17(18-6)19-9-11-22(14(2)3)15(4)5/h14-16H,7-13H2,1-6H3,(H2,18,19,20). The number of likely N-dealkylation sites (tertiary alicyclic amines) is 1. The van der Waals surface area contributed by atoms with Gasteiger partial charge in [0.15, 0.2) is 5.96 Å². The molecule has 5 heteroatoms. The van der Waals surface area contributed by atoms with Gasteiger partial charge in [0.1, 0.15) is 0 Å². The van der Waals surface area contributed by atoms with Crippen molar-refractivity contribution in [1.29, 1.82) is 0 Å². The van der Waals surface area contributed by atoms with Crippen LogP contribution in [0.15, 0.2) is 4.99 Å². The second kappa shape index (κ2) is 10.1. The van der Waals surface area contributed by atoms with Crippen molar-refractivity contribution >= 4 is 5.96 Å². The van der Waals surface area contributed by atoms with Crippen LogP contribution >= 0.6 is 0 Å². The Bertz CT molecular complexity index is 319. The minimum absolute atomic E-state index is 0.579. The minimum atomic E-state index is 0.579. The lowest BCUT2D eigenvalue weighted by Crippen LogP contribution is -2.46. The van der Waals surface area contributed by atoms with Crippen molar-refractivity contribution in [2.24, 2.45) is 10.9 Å². The molecule has 1 fully saturated rings. The van der Waals surface area contributed by atoms with Crippen LogP contribution in [-0.4, -0.2) is 74.2 Å². The molecule has 0 spiro atoms. The van der Waals surface area contributed by atoms with E-state index in [1.165, 1.54) is 26.1 Å². The van der Waals surface area contributed by atoms with Gasteiger partial charge in [-0.15, -0.1) is 0 Å². The Balaban J connectivity index is 2.25. The zero-order chi connectivity index (χ0) is 16.5. The second-order valence-electron chi connectivity index (χ2n) is 6.85. The third kappa shape index (κ3) is 6.53. The van der Waals surface area contributed by atoms with Gasteiger partial charge in [-0.25, -0.2) is 0 Å². The molecule has 1 heterocycles. The lowest BCUT2D eigenvalue weighted by atomic mass is 10.1. The van der Waals surface area contributed by atoms with Crippen LogP contribution in [0.1, 0.15) is 41.0 Å². The molecule has 22 heavy (non-hydrogen) atoms. The van der Waals surface area contributed by atoms with Crippen molar-refractivity contribution in [1.82, 2.24) is 20.4 Å². The molecule has 0 aromatic rings. The molecule has 1 atom stereocenters. The van der Waals surface area contributed by atoms with Gasteiger partial charge in [-0.1, -0.05) is 6.92 Å². The Morgan fingerprint density at radius 1 is 1.23 bits per heavy atom. The molecule has 0 radical (unpaired) electrons. The van der Waals surface area contributed by atoms with Crippen LogP contribution in [0.5, 0.6) is 0 Å². The fraction of sp³-hybridized carbons (Fsp3) is 0.941. The van der Waals surface area contributed by atoms with Gasteiger partial charge in [-0.2, -0.15) is 0 Å². The van der Waals surface area contributed by atoms with Gasteiger partial charge < -0.3 is 15.5 Å². The van der Waals surface area contributed by atoms with Crippen LogP contribution < -0.4 is 10.6 Å². The molecule has 0 aliphatic carbocycles. The lowest BCUT2D eigenvalue weighted by molar-refractivity contribution is 0.178. The summed E-state index contributed by atoms with van der Waals surface area (Å²) in [5.74, 6) is 1.68. The van der Waals surface area contributed by atoms with Crippen LogP contribution in [0, 0.1) is 5.92 Å². The third-order valence-electron chi connectivity index (χ3n) is 4.59. The smallest absolute Gasteiger partial charge is 0.191 e. The monoisotopic (exact) mass is 311 g/mol. The largest absolute Gasteiger partial charge is 0.356 e. The predicted molar refractivity (Wildman–Crippen MR) is 96.6 cm³/mol. The Kier molecular flexibility index (Phi) is 8.79. The number of aliphatic imine (C=N–C) groups is 1. The highest BCUT2D eigenvalue weighted by Gasteiger charge is 2.21. The number of guanidine groups is 1. The Hall–Kier alpha value is -0.810. The van der Waals surface area contributed by atoms with Gasteiger partial charge >= 0.3 is 0 Å². The summed E-state index contributed by atoms with van der Waals surface area (Å²) in [4.78, 5) is 9.35. The zero-order valence-corrected chi connectivity index (χ0v) is 15.5. The fourth-order valence-corrected chi connectivity index (χ4v) is 3.24. The number of hydrogen-bond acceptors (Lipinski definition) is 3. The van der Waals surface area contributed by atoms with E-state index in [1.54, 1.807) is 0 Å². The molecule has 1 unspecified atom stereocenters. The van der Waals surface area contributed by atoms with Crippen LogP contribution in [0.2, 0.25) is 0 Å². The number of nitrogens with zero attached hydrogens (tertiary/aromatic N) is 3. The van der Waals surface area contributed by atoms with Crippen LogP contribution in [0.25, 0.3) is 0 Å². The summed E-state index contributed by atoms with van der Waals surface area (Å²) in [6.45, 7) is 17.9. The third-order valence-corrected chi connectivity index (χ3v) is 4.59. The Morgan fingerprint density at radius 3 is 2.41 bits per heavy atom. The first-order valence-corrected chi connectivity index (χ1v) is 8.90. The summed E-state index contributed by atoms with van der Waals surface area (Å²) < 4.78 is 0. The average molecular weight is 312 g/mol. The van der Waals surface area contributed by atoms with Gasteiger partial charge in [0.05, 0.1) is 0 Å². The van der Waals surface area contributed by atoms with Crippen molar-refractivity contribution in [3.05, 3.63) is 0 Å². The van der Waals surface area contributed by atoms with Crippen LogP contribution in [-0.2, 0) is 0 Å². The molecule has 0 saturated carbocycles. The highest BCUT2D eigenvalue weighted by Crippen LogP contribution is 2.14. The molecule has 1 rings (SSSR count). The van der Waals surface area contributed by atoms with Crippen LogP contribution in [0.4, 0.5) is 0 Å². The number of nitrogens with one attached hydrogen (secondary N) is 2. The van der Waals surface area contributed by atoms with E-state index in [9.17, 15) is 0 Å². The van der Waals surface area contributed by atoms with Crippen molar-refractivity contribution in [2.45, 2.75) is 53.1 Å². The molecular weight excluding hydrogens is 274 g/mol. The zero-order valence-electron chi connectivity index (χ0n) is 15.5. The molecule has 0 aromatic carbocycles. The molecule has 0 amide bonds. The van der Waals surface area contributed by atoms with Gasteiger partial charge in [0.2, 0.25) is 0 Å². The quantitative estimate of drug-likeness (QED) is 0.528. The first kappa shape index (κ1) is 19.2. The first-order chi connectivity index (χ1) is 10.5.